The Hall–Kier alpha value is -2.36. The summed E-state index contributed by atoms with van der Waals surface area (Å²) < 4.78 is 9.87. The summed E-state index contributed by atoms with van der Waals surface area (Å²) in [5.41, 5.74) is 0.772. The fraction of sp³-hybridized carbons (Fsp3) is 0.200. The molecule has 4 heteroatoms. The standard InChI is InChI=1S/C15H16O4/c1-3-5-11-19-15(17)13-8-6-12(7-9-13)14(16)18-10-4-2/h3-4,6-9H,1-2,5,10-11H2. The van der Waals surface area contributed by atoms with E-state index in [1.807, 2.05) is 0 Å². The molecule has 0 saturated heterocycles. The molecule has 100 valence electrons. The van der Waals surface area contributed by atoms with Gasteiger partial charge in [0.2, 0.25) is 0 Å². The van der Waals surface area contributed by atoms with Gasteiger partial charge in [0.05, 0.1) is 17.7 Å². The number of rotatable bonds is 7. The second-order valence-corrected chi connectivity index (χ2v) is 3.68. The maximum atomic E-state index is 11.6. The van der Waals surface area contributed by atoms with E-state index >= 15 is 0 Å². The summed E-state index contributed by atoms with van der Waals surface area (Å²) in [7, 11) is 0. The third-order valence-electron chi connectivity index (χ3n) is 2.24. The van der Waals surface area contributed by atoms with Crippen LogP contribution >= 0.6 is 0 Å². The fourth-order valence-corrected chi connectivity index (χ4v) is 1.28. The third-order valence-corrected chi connectivity index (χ3v) is 2.24. The van der Waals surface area contributed by atoms with E-state index in [-0.39, 0.29) is 6.61 Å². The summed E-state index contributed by atoms with van der Waals surface area (Å²) in [5.74, 6) is -0.876. The Bertz CT molecular complexity index is 460. The number of carbonyl (C=O) groups is 2. The highest BCUT2D eigenvalue weighted by Crippen LogP contribution is 2.07. The van der Waals surface area contributed by atoms with Crippen molar-refractivity contribution >= 4 is 11.9 Å². The predicted molar refractivity (Wildman–Crippen MR) is 72.0 cm³/mol. The zero-order valence-electron chi connectivity index (χ0n) is 10.6. The minimum Gasteiger partial charge on any atom is -0.462 e. The third kappa shape index (κ3) is 4.79. The molecule has 1 aromatic carbocycles. The van der Waals surface area contributed by atoms with Crippen molar-refractivity contribution < 1.29 is 19.1 Å². The van der Waals surface area contributed by atoms with Crippen LogP contribution in [0.1, 0.15) is 27.1 Å². The normalized spacial score (nSPS) is 9.47. The Kier molecular flexibility index (Phi) is 6.09. The van der Waals surface area contributed by atoms with Crippen LogP contribution < -0.4 is 0 Å². The molecule has 1 aromatic rings. The van der Waals surface area contributed by atoms with E-state index in [1.165, 1.54) is 30.3 Å². The van der Waals surface area contributed by atoms with E-state index in [0.717, 1.165) is 0 Å². The maximum absolute atomic E-state index is 11.6. The average molecular weight is 260 g/mol. The van der Waals surface area contributed by atoms with Crippen LogP contribution in [0.25, 0.3) is 0 Å². The van der Waals surface area contributed by atoms with Crippen LogP contribution in [-0.4, -0.2) is 25.2 Å². The minimum absolute atomic E-state index is 0.157. The lowest BCUT2D eigenvalue weighted by Crippen LogP contribution is -2.08. The van der Waals surface area contributed by atoms with Gasteiger partial charge in [-0.25, -0.2) is 9.59 Å². The molecule has 0 aliphatic rings. The zero-order chi connectivity index (χ0) is 14.1. The van der Waals surface area contributed by atoms with Gasteiger partial charge in [0.1, 0.15) is 6.61 Å². The molecule has 19 heavy (non-hydrogen) atoms. The molecule has 0 fully saturated rings. The highest BCUT2D eigenvalue weighted by Gasteiger charge is 2.10. The van der Waals surface area contributed by atoms with Crippen molar-refractivity contribution in [1.29, 1.82) is 0 Å². The lowest BCUT2D eigenvalue weighted by molar-refractivity contribution is 0.0507. The molecular weight excluding hydrogens is 244 g/mol. The number of esters is 2. The van der Waals surface area contributed by atoms with E-state index in [9.17, 15) is 9.59 Å². The second-order valence-electron chi connectivity index (χ2n) is 3.68. The van der Waals surface area contributed by atoms with Crippen molar-refractivity contribution in [2.75, 3.05) is 13.2 Å². The van der Waals surface area contributed by atoms with Crippen molar-refractivity contribution in [1.82, 2.24) is 0 Å². The first-order valence-corrected chi connectivity index (χ1v) is 5.85. The summed E-state index contributed by atoms with van der Waals surface area (Å²) in [6.45, 7) is 7.44. The molecule has 0 aliphatic heterocycles. The van der Waals surface area contributed by atoms with Crippen LogP contribution in [0.4, 0.5) is 0 Å². The van der Waals surface area contributed by atoms with Crippen molar-refractivity contribution in [3.05, 3.63) is 60.7 Å². The topological polar surface area (TPSA) is 52.6 Å². The van der Waals surface area contributed by atoms with Gasteiger partial charge < -0.3 is 9.47 Å². The molecule has 0 atom stereocenters. The molecule has 0 bridgehead atoms. The fourth-order valence-electron chi connectivity index (χ4n) is 1.28. The molecule has 4 nitrogen and oxygen atoms in total. The molecule has 0 aliphatic carbocycles. The highest BCUT2D eigenvalue weighted by atomic mass is 16.5. The van der Waals surface area contributed by atoms with Crippen molar-refractivity contribution in [2.24, 2.45) is 0 Å². The molecule has 0 spiro atoms. The van der Waals surface area contributed by atoms with Gasteiger partial charge in [0.25, 0.3) is 0 Å². The second kappa shape index (κ2) is 7.87. The van der Waals surface area contributed by atoms with Gasteiger partial charge in [-0.05, 0) is 30.7 Å². The Morgan fingerprint density at radius 1 is 0.947 bits per heavy atom. The maximum Gasteiger partial charge on any atom is 0.338 e. The number of benzene rings is 1. The van der Waals surface area contributed by atoms with E-state index in [4.69, 9.17) is 9.47 Å². The molecule has 0 saturated carbocycles. The first-order chi connectivity index (χ1) is 9.19. The number of hydrogen-bond donors (Lipinski definition) is 0. The zero-order valence-corrected chi connectivity index (χ0v) is 10.6. The van der Waals surface area contributed by atoms with Crippen LogP contribution in [0, 0.1) is 0 Å². The Labute approximate surface area is 112 Å². The summed E-state index contributed by atoms with van der Waals surface area (Å²) in [4.78, 5) is 23.1. The number of ether oxygens (including phenoxy) is 2. The summed E-state index contributed by atoms with van der Waals surface area (Å²) in [6, 6.07) is 6.10. The minimum atomic E-state index is -0.452. The van der Waals surface area contributed by atoms with Gasteiger partial charge in [0, 0.05) is 0 Å². The van der Waals surface area contributed by atoms with E-state index < -0.39 is 11.9 Å². The van der Waals surface area contributed by atoms with E-state index in [1.54, 1.807) is 6.08 Å². The first kappa shape index (κ1) is 14.7. The van der Waals surface area contributed by atoms with Crippen LogP contribution in [0.5, 0.6) is 0 Å². The number of carbonyl (C=O) groups excluding carboxylic acids is 2. The molecule has 0 unspecified atom stereocenters. The summed E-state index contributed by atoms with van der Waals surface area (Å²) in [5, 5.41) is 0. The molecule has 0 radical (unpaired) electrons. The molecule has 0 heterocycles. The Balaban J connectivity index is 2.60. The van der Waals surface area contributed by atoms with Crippen molar-refractivity contribution in [3.63, 3.8) is 0 Å². The Morgan fingerprint density at radius 3 is 1.95 bits per heavy atom. The van der Waals surface area contributed by atoms with Crippen LogP contribution in [0.15, 0.2) is 49.6 Å². The summed E-state index contributed by atoms with van der Waals surface area (Å²) >= 11 is 0. The molecule has 0 amide bonds. The largest absolute Gasteiger partial charge is 0.462 e. The van der Waals surface area contributed by atoms with Gasteiger partial charge >= 0.3 is 11.9 Å². The monoisotopic (exact) mass is 260 g/mol. The smallest absolute Gasteiger partial charge is 0.338 e. The van der Waals surface area contributed by atoms with Gasteiger partial charge in [-0.3, -0.25) is 0 Å². The lowest BCUT2D eigenvalue weighted by atomic mass is 10.1. The molecule has 1 rings (SSSR count). The van der Waals surface area contributed by atoms with E-state index in [0.29, 0.717) is 24.2 Å². The first-order valence-electron chi connectivity index (χ1n) is 5.85. The average Bonchev–Trinajstić information content (AvgIpc) is 2.45. The summed E-state index contributed by atoms with van der Waals surface area (Å²) in [6.07, 6.45) is 3.77. The predicted octanol–water partition coefficient (Wildman–Crippen LogP) is 2.76. The Morgan fingerprint density at radius 2 is 1.47 bits per heavy atom. The van der Waals surface area contributed by atoms with Crippen LogP contribution in [-0.2, 0) is 9.47 Å². The lowest BCUT2D eigenvalue weighted by Gasteiger charge is -2.04. The van der Waals surface area contributed by atoms with Crippen LogP contribution in [0.2, 0.25) is 0 Å². The quantitative estimate of drug-likeness (QED) is 0.430. The SMILES string of the molecule is C=CCCOC(=O)c1ccc(C(=O)OCC=C)cc1. The highest BCUT2D eigenvalue weighted by molar-refractivity contribution is 5.93. The molecular formula is C15H16O4. The van der Waals surface area contributed by atoms with Gasteiger partial charge in [-0.15, -0.1) is 6.58 Å². The number of hydrogen-bond acceptors (Lipinski definition) is 4. The van der Waals surface area contributed by atoms with E-state index in [2.05, 4.69) is 13.2 Å². The van der Waals surface area contributed by atoms with Gasteiger partial charge in [-0.1, -0.05) is 18.7 Å². The van der Waals surface area contributed by atoms with Crippen molar-refractivity contribution in [3.8, 4) is 0 Å². The molecule has 0 aromatic heterocycles. The molecule has 0 N–H and O–H groups in total. The van der Waals surface area contributed by atoms with Gasteiger partial charge in [0.15, 0.2) is 0 Å². The van der Waals surface area contributed by atoms with Gasteiger partial charge in [-0.2, -0.15) is 0 Å². The van der Waals surface area contributed by atoms with Crippen LogP contribution in [0.3, 0.4) is 0 Å². The van der Waals surface area contributed by atoms with Crippen molar-refractivity contribution in [2.45, 2.75) is 6.42 Å².